The van der Waals surface area contributed by atoms with Crippen LogP contribution in [0.5, 0.6) is 0 Å². The van der Waals surface area contributed by atoms with Gasteiger partial charge >= 0.3 is 5.97 Å². The number of carboxylic acids is 1. The lowest BCUT2D eigenvalue weighted by molar-refractivity contribution is -0.138. The van der Waals surface area contributed by atoms with Crippen molar-refractivity contribution in [3.63, 3.8) is 0 Å². The van der Waals surface area contributed by atoms with Crippen LogP contribution < -0.4 is 11.1 Å². The highest BCUT2D eigenvalue weighted by Crippen LogP contribution is 2.08. The molecule has 2 unspecified atom stereocenters. The smallest absolute Gasteiger partial charge is 0.320 e. The maximum atomic E-state index is 13.4. The highest BCUT2D eigenvalue weighted by molar-refractivity contribution is 7.12. The Morgan fingerprint density at radius 1 is 1.58 bits per heavy atom. The van der Waals surface area contributed by atoms with Gasteiger partial charge in [-0.15, -0.1) is 11.3 Å². The lowest BCUT2D eigenvalue weighted by Gasteiger charge is -2.11. The van der Waals surface area contributed by atoms with Crippen molar-refractivity contribution in [3.8, 4) is 0 Å². The molecule has 0 saturated carbocycles. The summed E-state index contributed by atoms with van der Waals surface area (Å²) in [6.07, 6.45) is -0.936. The lowest BCUT2D eigenvalue weighted by atomic mass is 10.1. The number of nitrogens with two attached hydrogens (primary N) is 1. The second-order valence-corrected chi connectivity index (χ2v) is 5.15. The van der Waals surface area contributed by atoms with Crippen LogP contribution in [0.2, 0.25) is 0 Å². The zero-order chi connectivity index (χ0) is 14.3. The Morgan fingerprint density at radius 2 is 2.32 bits per heavy atom. The number of halogens is 1. The van der Waals surface area contributed by atoms with Crippen LogP contribution in [0.15, 0.2) is 17.5 Å². The zero-order valence-electron chi connectivity index (χ0n) is 10.4. The van der Waals surface area contributed by atoms with E-state index in [1.54, 1.807) is 0 Å². The third-order valence-electron chi connectivity index (χ3n) is 2.59. The molecule has 1 aromatic rings. The number of carbonyl (C=O) groups is 1. The van der Waals surface area contributed by atoms with Crippen molar-refractivity contribution in [2.75, 3.05) is 13.1 Å². The largest absolute Gasteiger partial charge is 0.480 e. The van der Waals surface area contributed by atoms with Crippen molar-refractivity contribution >= 4 is 23.0 Å². The molecular weight excluding hydrogens is 269 g/mol. The van der Waals surface area contributed by atoms with Gasteiger partial charge in [0.2, 0.25) is 0 Å². The summed E-state index contributed by atoms with van der Waals surface area (Å²) in [5.41, 5.74) is 5.71. The van der Waals surface area contributed by atoms with Crippen LogP contribution in [0.4, 0.5) is 4.39 Å². The van der Waals surface area contributed by atoms with E-state index in [0.717, 1.165) is 4.88 Å². The van der Waals surface area contributed by atoms with Gasteiger partial charge in [-0.05, 0) is 24.3 Å². The Labute approximate surface area is 115 Å². The minimum atomic E-state index is -1.15. The van der Waals surface area contributed by atoms with E-state index < -0.39 is 18.2 Å². The van der Waals surface area contributed by atoms with Gasteiger partial charge in [0.15, 0.2) is 0 Å². The number of nitrogens with one attached hydrogen (secondary N) is 2. The van der Waals surface area contributed by atoms with Crippen molar-refractivity contribution in [2.24, 2.45) is 5.73 Å². The fourth-order valence-corrected chi connectivity index (χ4v) is 2.15. The fraction of sp³-hybridized carbons (Fsp3) is 0.500. The predicted octanol–water partition coefficient (Wildman–Crippen LogP) is 1.24. The maximum Gasteiger partial charge on any atom is 0.320 e. The monoisotopic (exact) mass is 287 g/mol. The first-order chi connectivity index (χ1) is 9.00. The van der Waals surface area contributed by atoms with Gasteiger partial charge in [-0.2, -0.15) is 0 Å². The fourth-order valence-electron chi connectivity index (χ4n) is 1.48. The summed E-state index contributed by atoms with van der Waals surface area (Å²) in [5.74, 6) is -1.11. The molecule has 0 aliphatic carbocycles. The van der Waals surface area contributed by atoms with Gasteiger partial charge in [0, 0.05) is 18.0 Å². The second-order valence-electron chi connectivity index (χ2n) is 4.21. The average molecular weight is 287 g/mol. The van der Waals surface area contributed by atoms with Crippen molar-refractivity contribution in [2.45, 2.75) is 25.1 Å². The highest BCUT2D eigenvalue weighted by Gasteiger charge is 2.15. The van der Waals surface area contributed by atoms with Gasteiger partial charge in [-0.25, -0.2) is 4.39 Å². The molecule has 0 spiro atoms. The van der Waals surface area contributed by atoms with E-state index in [9.17, 15) is 9.18 Å². The molecule has 7 heteroatoms. The topological polar surface area (TPSA) is 99.2 Å². The molecular formula is C12H18FN3O2S. The summed E-state index contributed by atoms with van der Waals surface area (Å²) in [7, 11) is 0. The van der Waals surface area contributed by atoms with Crippen LogP contribution >= 0.6 is 11.3 Å². The van der Waals surface area contributed by atoms with Crippen LogP contribution in [0.3, 0.4) is 0 Å². The first kappa shape index (κ1) is 15.7. The van der Waals surface area contributed by atoms with Gasteiger partial charge in [0.25, 0.3) is 0 Å². The van der Waals surface area contributed by atoms with E-state index in [4.69, 9.17) is 16.2 Å². The van der Waals surface area contributed by atoms with Gasteiger partial charge in [-0.3, -0.25) is 4.79 Å². The molecule has 106 valence electrons. The maximum absolute atomic E-state index is 13.4. The third-order valence-corrected chi connectivity index (χ3v) is 3.52. The lowest BCUT2D eigenvalue weighted by Crippen LogP contribution is -2.33. The van der Waals surface area contributed by atoms with Crippen LogP contribution in [-0.4, -0.2) is 42.1 Å². The SMILES string of the molecule is N=C(CNCC(F)CCC(N)C(=O)O)c1cccs1. The quantitative estimate of drug-likeness (QED) is 0.513. The highest BCUT2D eigenvalue weighted by atomic mass is 32.1. The molecule has 0 fully saturated rings. The van der Waals surface area contributed by atoms with E-state index >= 15 is 0 Å². The molecule has 1 heterocycles. The number of rotatable bonds is 9. The van der Waals surface area contributed by atoms with Crippen molar-refractivity contribution in [3.05, 3.63) is 22.4 Å². The predicted molar refractivity (Wildman–Crippen MR) is 73.8 cm³/mol. The van der Waals surface area contributed by atoms with Gasteiger partial charge < -0.3 is 21.6 Å². The third kappa shape index (κ3) is 5.91. The second kappa shape index (κ2) is 7.98. The molecule has 0 bridgehead atoms. The van der Waals surface area contributed by atoms with Crippen molar-refractivity contribution in [1.82, 2.24) is 5.32 Å². The van der Waals surface area contributed by atoms with E-state index in [1.165, 1.54) is 11.3 Å². The molecule has 5 N–H and O–H groups in total. The number of carboxylic acid groups (broad SMARTS) is 1. The molecule has 0 radical (unpaired) electrons. The average Bonchev–Trinajstić information content (AvgIpc) is 2.89. The molecule has 1 rings (SSSR count). The molecule has 0 aromatic carbocycles. The Bertz CT molecular complexity index is 411. The van der Waals surface area contributed by atoms with Crippen LogP contribution in [-0.2, 0) is 4.79 Å². The Balaban J connectivity index is 2.15. The molecule has 0 saturated heterocycles. The number of aliphatic carboxylic acids is 1. The Hall–Kier alpha value is -1.31. The van der Waals surface area contributed by atoms with Gasteiger partial charge in [-0.1, -0.05) is 6.07 Å². The number of hydrogen-bond acceptors (Lipinski definition) is 5. The summed E-state index contributed by atoms with van der Waals surface area (Å²) < 4.78 is 13.4. The molecule has 0 aliphatic rings. The van der Waals surface area contributed by atoms with E-state index in [2.05, 4.69) is 5.32 Å². The minimum absolute atomic E-state index is 0.0973. The first-order valence-electron chi connectivity index (χ1n) is 5.95. The van der Waals surface area contributed by atoms with Crippen LogP contribution in [0, 0.1) is 5.41 Å². The van der Waals surface area contributed by atoms with E-state index in [0.29, 0.717) is 12.3 Å². The minimum Gasteiger partial charge on any atom is -0.480 e. The number of hydrogen-bond donors (Lipinski definition) is 4. The normalized spacial score (nSPS) is 14.0. The standard InChI is InChI=1S/C12H18FN3O2S/c13-8(3-4-9(14)12(17)18)6-16-7-10(15)11-2-1-5-19-11/h1-2,5,8-9,15-16H,3-4,6-7,14H2,(H,17,18). The van der Waals surface area contributed by atoms with Crippen molar-refractivity contribution < 1.29 is 14.3 Å². The summed E-state index contributed by atoms with van der Waals surface area (Å²) >= 11 is 1.47. The molecule has 1 aromatic heterocycles. The van der Waals surface area contributed by atoms with Crippen LogP contribution in [0.25, 0.3) is 0 Å². The number of alkyl halides is 1. The zero-order valence-corrected chi connectivity index (χ0v) is 11.3. The Kier molecular flexibility index (Phi) is 6.61. The Morgan fingerprint density at radius 3 is 2.89 bits per heavy atom. The first-order valence-corrected chi connectivity index (χ1v) is 6.83. The number of thiophene rings is 1. The van der Waals surface area contributed by atoms with E-state index in [-0.39, 0.29) is 19.4 Å². The molecule has 19 heavy (non-hydrogen) atoms. The summed E-state index contributed by atoms with van der Waals surface area (Å²) in [4.78, 5) is 11.3. The molecule has 0 aliphatic heterocycles. The van der Waals surface area contributed by atoms with Gasteiger partial charge in [0.1, 0.15) is 12.2 Å². The molecule has 2 atom stereocenters. The summed E-state index contributed by atoms with van der Waals surface area (Å²) in [6.45, 7) is 0.395. The van der Waals surface area contributed by atoms with E-state index in [1.807, 2.05) is 17.5 Å². The van der Waals surface area contributed by atoms with Gasteiger partial charge in [0.05, 0.1) is 5.71 Å². The van der Waals surface area contributed by atoms with Crippen LogP contribution in [0.1, 0.15) is 17.7 Å². The molecule has 0 amide bonds. The summed E-state index contributed by atoms with van der Waals surface area (Å²) in [5, 5.41) is 21.0. The van der Waals surface area contributed by atoms with Crippen molar-refractivity contribution in [1.29, 1.82) is 5.41 Å². The summed E-state index contributed by atoms with van der Waals surface area (Å²) in [6, 6.07) is 2.69. The molecule has 5 nitrogen and oxygen atoms in total.